The molecule has 96 valence electrons. The lowest BCUT2D eigenvalue weighted by Crippen LogP contribution is -2.37. The fourth-order valence-corrected chi connectivity index (χ4v) is 2.06. The number of nitrogens with zero attached hydrogens (tertiary/aromatic N) is 1. The van der Waals surface area contributed by atoms with Crippen LogP contribution >= 0.6 is 0 Å². The Kier molecular flexibility index (Phi) is 5.66. The van der Waals surface area contributed by atoms with E-state index < -0.39 is 0 Å². The summed E-state index contributed by atoms with van der Waals surface area (Å²) in [6, 6.07) is 11.2. The second-order valence-corrected chi connectivity index (χ2v) is 5.27. The summed E-state index contributed by atoms with van der Waals surface area (Å²) in [5.74, 6) is 1.11. The quantitative estimate of drug-likeness (QED) is 0.820. The molecule has 0 spiro atoms. The van der Waals surface area contributed by atoms with Crippen molar-refractivity contribution in [2.24, 2.45) is 11.7 Å². The zero-order chi connectivity index (χ0) is 12.8. The summed E-state index contributed by atoms with van der Waals surface area (Å²) in [5, 5.41) is 0. The Morgan fingerprint density at radius 3 is 2.18 bits per heavy atom. The van der Waals surface area contributed by atoms with E-state index in [0.717, 1.165) is 6.54 Å². The Labute approximate surface area is 106 Å². The molecule has 0 fully saturated rings. The molecule has 2 nitrogen and oxygen atoms in total. The molecule has 17 heavy (non-hydrogen) atoms. The van der Waals surface area contributed by atoms with Crippen LogP contribution in [0.1, 0.15) is 32.3 Å². The Morgan fingerprint density at radius 1 is 1.12 bits per heavy atom. The molecule has 0 aliphatic heterocycles. The van der Waals surface area contributed by atoms with E-state index in [1.807, 2.05) is 0 Å². The first-order valence-corrected chi connectivity index (χ1v) is 6.51. The van der Waals surface area contributed by atoms with Crippen LogP contribution in [0.4, 0.5) is 0 Å². The van der Waals surface area contributed by atoms with Gasteiger partial charge in [-0.1, -0.05) is 44.2 Å². The van der Waals surface area contributed by atoms with Crippen molar-refractivity contribution >= 4 is 0 Å². The van der Waals surface area contributed by atoms with Gasteiger partial charge in [-0.05, 0) is 25.5 Å². The second kappa shape index (κ2) is 6.77. The normalized spacial score (nSPS) is 15.2. The van der Waals surface area contributed by atoms with E-state index in [-0.39, 0.29) is 0 Å². The standard InChI is InChI=1S/C15H26N2/c1-12(2)13(3)17(4)11-15(10-16)14-8-6-5-7-9-14/h5-9,12-13,15H,10-11,16H2,1-4H3. The van der Waals surface area contributed by atoms with Crippen LogP contribution in [0.25, 0.3) is 0 Å². The van der Waals surface area contributed by atoms with E-state index in [0.29, 0.717) is 24.4 Å². The van der Waals surface area contributed by atoms with Gasteiger partial charge in [0.2, 0.25) is 0 Å². The van der Waals surface area contributed by atoms with Crippen molar-refractivity contribution in [3.05, 3.63) is 35.9 Å². The highest BCUT2D eigenvalue weighted by Gasteiger charge is 2.18. The van der Waals surface area contributed by atoms with E-state index in [9.17, 15) is 0 Å². The van der Waals surface area contributed by atoms with Crippen molar-refractivity contribution in [1.29, 1.82) is 0 Å². The highest BCUT2D eigenvalue weighted by molar-refractivity contribution is 5.20. The minimum absolute atomic E-state index is 0.433. The van der Waals surface area contributed by atoms with E-state index in [2.05, 4.69) is 63.1 Å². The smallest absolute Gasteiger partial charge is 0.00888 e. The maximum absolute atomic E-state index is 5.90. The summed E-state index contributed by atoms with van der Waals surface area (Å²) in [4.78, 5) is 2.41. The average Bonchev–Trinajstić information content (AvgIpc) is 2.35. The first-order valence-electron chi connectivity index (χ1n) is 6.51. The summed E-state index contributed by atoms with van der Waals surface area (Å²) in [5.41, 5.74) is 7.25. The lowest BCUT2D eigenvalue weighted by Gasteiger charge is -2.31. The van der Waals surface area contributed by atoms with Crippen LogP contribution in [0.3, 0.4) is 0 Å². The van der Waals surface area contributed by atoms with Crippen molar-refractivity contribution < 1.29 is 0 Å². The molecule has 2 atom stereocenters. The molecule has 0 heterocycles. The molecule has 0 radical (unpaired) electrons. The van der Waals surface area contributed by atoms with E-state index in [1.165, 1.54) is 5.56 Å². The van der Waals surface area contributed by atoms with Gasteiger partial charge in [-0.3, -0.25) is 0 Å². The van der Waals surface area contributed by atoms with E-state index >= 15 is 0 Å². The third-order valence-electron chi connectivity index (χ3n) is 3.72. The molecular formula is C15H26N2. The Morgan fingerprint density at radius 2 is 1.71 bits per heavy atom. The van der Waals surface area contributed by atoms with Crippen molar-refractivity contribution in [3.63, 3.8) is 0 Å². The molecule has 1 aromatic carbocycles. The third-order valence-corrected chi connectivity index (χ3v) is 3.72. The Bertz CT molecular complexity index is 308. The van der Waals surface area contributed by atoms with Crippen molar-refractivity contribution in [3.8, 4) is 0 Å². The predicted octanol–water partition coefficient (Wildman–Crippen LogP) is 2.71. The van der Waals surface area contributed by atoms with Crippen molar-refractivity contribution in [1.82, 2.24) is 4.90 Å². The maximum atomic E-state index is 5.90. The molecule has 0 saturated heterocycles. The maximum Gasteiger partial charge on any atom is 0.00888 e. The van der Waals surface area contributed by atoms with Gasteiger partial charge in [0.25, 0.3) is 0 Å². The summed E-state index contributed by atoms with van der Waals surface area (Å²) < 4.78 is 0. The molecule has 2 unspecified atom stereocenters. The molecule has 0 aliphatic rings. The van der Waals surface area contributed by atoms with Gasteiger partial charge in [0.1, 0.15) is 0 Å². The topological polar surface area (TPSA) is 29.3 Å². The zero-order valence-corrected chi connectivity index (χ0v) is 11.6. The molecule has 1 aromatic rings. The van der Waals surface area contributed by atoms with Crippen molar-refractivity contribution in [2.45, 2.75) is 32.7 Å². The second-order valence-electron chi connectivity index (χ2n) is 5.27. The van der Waals surface area contributed by atoms with Crippen LogP contribution in [-0.2, 0) is 0 Å². The average molecular weight is 234 g/mol. The van der Waals surface area contributed by atoms with Gasteiger partial charge in [-0.2, -0.15) is 0 Å². The number of nitrogens with two attached hydrogens (primary N) is 1. The highest BCUT2D eigenvalue weighted by Crippen LogP contribution is 2.18. The molecule has 0 aliphatic carbocycles. The number of benzene rings is 1. The SMILES string of the molecule is CC(C)C(C)N(C)CC(CN)c1ccccc1. The first kappa shape index (κ1) is 14.2. The summed E-state index contributed by atoms with van der Waals surface area (Å²) in [6.07, 6.45) is 0. The Hall–Kier alpha value is -0.860. The number of likely N-dealkylation sites (N-methyl/N-ethyl adjacent to an activating group) is 1. The first-order chi connectivity index (χ1) is 8.06. The van der Waals surface area contributed by atoms with Gasteiger partial charge in [-0.25, -0.2) is 0 Å². The van der Waals surface area contributed by atoms with Gasteiger partial charge < -0.3 is 10.6 Å². The predicted molar refractivity (Wildman–Crippen MR) is 75.2 cm³/mol. The molecule has 2 heteroatoms. The molecule has 0 amide bonds. The number of hydrogen-bond acceptors (Lipinski definition) is 2. The van der Waals surface area contributed by atoms with Crippen LogP contribution in [0, 0.1) is 5.92 Å². The lowest BCUT2D eigenvalue weighted by molar-refractivity contribution is 0.197. The number of rotatable bonds is 6. The summed E-state index contributed by atoms with van der Waals surface area (Å²) >= 11 is 0. The Balaban J connectivity index is 2.65. The lowest BCUT2D eigenvalue weighted by atomic mass is 9.97. The summed E-state index contributed by atoms with van der Waals surface area (Å²) in [6.45, 7) is 8.55. The third kappa shape index (κ3) is 4.14. The van der Waals surface area contributed by atoms with Crippen LogP contribution in [-0.4, -0.2) is 31.1 Å². The van der Waals surface area contributed by atoms with Gasteiger partial charge in [0.15, 0.2) is 0 Å². The van der Waals surface area contributed by atoms with Crippen molar-refractivity contribution in [2.75, 3.05) is 20.1 Å². The van der Waals surface area contributed by atoms with Gasteiger partial charge >= 0.3 is 0 Å². The van der Waals surface area contributed by atoms with Gasteiger partial charge in [-0.15, -0.1) is 0 Å². The summed E-state index contributed by atoms with van der Waals surface area (Å²) in [7, 11) is 2.19. The minimum Gasteiger partial charge on any atom is -0.330 e. The minimum atomic E-state index is 0.433. The van der Waals surface area contributed by atoms with Crippen LogP contribution < -0.4 is 5.73 Å². The van der Waals surface area contributed by atoms with Crippen LogP contribution in [0.5, 0.6) is 0 Å². The molecule has 1 rings (SSSR count). The monoisotopic (exact) mass is 234 g/mol. The molecule has 0 aromatic heterocycles. The largest absolute Gasteiger partial charge is 0.330 e. The zero-order valence-electron chi connectivity index (χ0n) is 11.6. The fourth-order valence-electron chi connectivity index (χ4n) is 2.06. The molecule has 0 bridgehead atoms. The number of hydrogen-bond donors (Lipinski definition) is 1. The van der Waals surface area contributed by atoms with E-state index in [1.54, 1.807) is 0 Å². The van der Waals surface area contributed by atoms with E-state index in [4.69, 9.17) is 5.73 Å². The molecule has 0 saturated carbocycles. The fraction of sp³-hybridized carbons (Fsp3) is 0.600. The molecule has 2 N–H and O–H groups in total. The van der Waals surface area contributed by atoms with Crippen LogP contribution in [0.15, 0.2) is 30.3 Å². The van der Waals surface area contributed by atoms with Gasteiger partial charge in [0.05, 0.1) is 0 Å². The van der Waals surface area contributed by atoms with Crippen LogP contribution in [0.2, 0.25) is 0 Å². The molecular weight excluding hydrogens is 208 g/mol. The van der Waals surface area contributed by atoms with Gasteiger partial charge in [0, 0.05) is 25.0 Å². The highest BCUT2D eigenvalue weighted by atomic mass is 15.1.